The number of amidine groups is 1. The van der Waals surface area contributed by atoms with Crippen molar-refractivity contribution in [2.75, 3.05) is 13.1 Å². The van der Waals surface area contributed by atoms with Crippen molar-refractivity contribution in [1.82, 2.24) is 10.2 Å². The Bertz CT molecular complexity index is 809. The van der Waals surface area contributed by atoms with E-state index < -0.39 is 11.9 Å². The van der Waals surface area contributed by atoms with Gasteiger partial charge in [0.05, 0.1) is 0 Å². The van der Waals surface area contributed by atoms with E-state index in [2.05, 4.69) is 15.3 Å². The Kier molecular flexibility index (Phi) is 4.94. The Morgan fingerprint density at radius 3 is 2.84 bits per heavy atom. The molecule has 0 radical (unpaired) electrons. The molecule has 3 rings (SSSR count). The lowest BCUT2D eigenvalue weighted by molar-refractivity contribution is -0.129. The highest BCUT2D eigenvalue weighted by molar-refractivity contribution is 6.19. The van der Waals surface area contributed by atoms with E-state index in [-0.39, 0.29) is 30.7 Å². The van der Waals surface area contributed by atoms with Crippen LogP contribution in [0.4, 0.5) is 4.79 Å². The zero-order valence-electron chi connectivity index (χ0n) is 13.3. The molecule has 0 spiro atoms. The fraction of sp³-hybridized carbons (Fsp3) is 0.167. The number of nitrogens with one attached hydrogen (secondary N) is 1. The van der Waals surface area contributed by atoms with Crippen molar-refractivity contribution in [3.05, 3.63) is 54.1 Å². The van der Waals surface area contributed by atoms with Crippen molar-refractivity contribution in [2.24, 2.45) is 15.9 Å². The molecule has 4 amide bonds. The average molecular weight is 336 g/mol. The Morgan fingerprint density at radius 1 is 1.24 bits per heavy atom. The fourth-order valence-corrected chi connectivity index (χ4v) is 2.45. The van der Waals surface area contributed by atoms with Crippen molar-refractivity contribution in [3.63, 3.8) is 0 Å². The predicted molar refractivity (Wildman–Crippen MR) is 94.2 cm³/mol. The highest BCUT2D eigenvalue weighted by Crippen LogP contribution is 2.18. The third kappa shape index (κ3) is 3.95. The van der Waals surface area contributed by atoms with Gasteiger partial charge in [0, 0.05) is 25.4 Å². The first-order valence-electron chi connectivity index (χ1n) is 7.81. The Morgan fingerprint density at radius 2 is 2.04 bits per heavy atom. The molecular formula is C18H16N4O3. The highest BCUT2D eigenvalue weighted by atomic mass is 16.2. The monoisotopic (exact) mass is 336 g/mol. The molecule has 2 aliphatic rings. The molecule has 1 atom stereocenters. The summed E-state index contributed by atoms with van der Waals surface area (Å²) >= 11 is 0. The van der Waals surface area contributed by atoms with Gasteiger partial charge in [-0.05, 0) is 17.7 Å². The number of carbonyl (C=O) groups excluding carboxylic acids is 3. The van der Waals surface area contributed by atoms with Crippen LogP contribution < -0.4 is 5.32 Å². The maximum atomic E-state index is 12.3. The van der Waals surface area contributed by atoms with Gasteiger partial charge in [-0.2, -0.15) is 4.99 Å². The minimum absolute atomic E-state index is 0.0629. The highest BCUT2D eigenvalue weighted by Gasteiger charge is 2.36. The van der Waals surface area contributed by atoms with E-state index in [1.165, 1.54) is 12.3 Å². The average Bonchev–Trinajstić information content (AvgIpc) is 2.63. The maximum absolute atomic E-state index is 12.3. The molecule has 0 saturated carbocycles. The number of allylic oxidation sites excluding steroid dienone is 1. The minimum Gasteiger partial charge on any atom is -0.351 e. The molecule has 0 saturated heterocycles. The number of hydrogen-bond donors (Lipinski definition) is 1. The van der Waals surface area contributed by atoms with Gasteiger partial charge in [0.2, 0.25) is 11.8 Å². The van der Waals surface area contributed by atoms with E-state index in [9.17, 15) is 14.4 Å². The number of fused-ring (bicyclic) bond motifs is 1. The smallest absolute Gasteiger partial charge is 0.351 e. The number of amides is 4. The van der Waals surface area contributed by atoms with E-state index in [0.717, 1.165) is 10.5 Å². The first-order chi connectivity index (χ1) is 12.1. The van der Waals surface area contributed by atoms with Crippen molar-refractivity contribution in [1.29, 1.82) is 0 Å². The van der Waals surface area contributed by atoms with Gasteiger partial charge >= 0.3 is 6.03 Å². The quantitative estimate of drug-likeness (QED) is 0.825. The summed E-state index contributed by atoms with van der Waals surface area (Å²) in [5.41, 5.74) is 0.908. The van der Waals surface area contributed by atoms with Crippen LogP contribution in [-0.4, -0.2) is 47.9 Å². The van der Waals surface area contributed by atoms with Crippen molar-refractivity contribution in [3.8, 4) is 0 Å². The first-order valence-corrected chi connectivity index (χ1v) is 7.81. The number of benzene rings is 1. The fourth-order valence-electron chi connectivity index (χ4n) is 2.45. The van der Waals surface area contributed by atoms with Gasteiger partial charge in [0.1, 0.15) is 11.8 Å². The molecule has 1 N–H and O–H groups in total. The van der Waals surface area contributed by atoms with Gasteiger partial charge < -0.3 is 5.32 Å². The van der Waals surface area contributed by atoms with Gasteiger partial charge in [0.25, 0.3) is 0 Å². The predicted octanol–water partition coefficient (Wildman–Crippen LogP) is 1.43. The SMILES string of the molecule is O=C(/C=C/c1ccccc1)NCCN1C(=O)N=C2N=CC=CC2C1=O. The zero-order chi connectivity index (χ0) is 17.6. The molecule has 25 heavy (non-hydrogen) atoms. The van der Waals surface area contributed by atoms with Crippen LogP contribution in [0.25, 0.3) is 6.08 Å². The number of aliphatic imine (C=N–C) groups is 2. The van der Waals surface area contributed by atoms with Crippen molar-refractivity contribution in [2.45, 2.75) is 0 Å². The van der Waals surface area contributed by atoms with Crippen LogP contribution in [0.15, 0.2) is 58.5 Å². The van der Waals surface area contributed by atoms with Gasteiger partial charge in [-0.3, -0.25) is 14.5 Å². The van der Waals surface area contributed by atoms with E-state index in [1.807, 2.05) is 30.3 Å². The van der Waals surface area contributed by atoms with Crippen molar-refractivity contribution >= 4 is 36.0 Å². The molecule has 2 heterocycles. The molecule has 1 aromatic rings. The number of rotatable bonds is 5. The van der Waals surface area contributed by atoms with Gasteiger partial charge in [-0.25, -0.2) is 9.79 Å². The van der Waals surface area contributed by atoms with E-state index in [4.69, 9.17) is 0 Å². The molecule has 7 heteroatoms. The lowest BCUT2D eigenvalue weighted by atomic mass is 10.0. The van der Waals surface area contributed by atoms with E-state index in [0.29, 0.717) is 0 Å². The maximum Gasteiger partial charge on any atom is 0.352 e. The summed E-state index contributed by atoms with van der Waals surface area (Å²) < 4.78 is 0. The van der Waals surface area contributed by atoms with Crippen LogP contribution in [0, 0.1) is 5.92 Å². The Hall–Kier alpha value is -3.35. The summed E-state index contributed by atoms with van der Waals surface area (Å²) in [5, 5.41) is 2.65. The number of urea groups is 1. The number of dihydropyridines is 1. The first kappa shape index (κ1) is 16.5. The summed E-state index contributed by atoms with van der Waals surface area (Å²) in [6, 6.07) is 8.76. The molecule has 2 aliphatic heterocycles. The summed E-state index contributed by atoms with van der Waals surface area (Å²) in [6.07, 6.45) is 7.88. The number of imide groups is 1. The largest absolute Gasteiger partial charge is 0.352 e. The van der Waals surface area contributed by atoms with Crippen LogP contribution in [0.1, 0.15) is 5.56 Å². The molecule has 1 aromatic carbocycles. The second-order valence-corrected chi connectivity index (χ2v) is 5.42. The lowest BCUT2D eigenvalue weighted by Gasteiger charge is -2.27. The molecule has 7 nitrogen and oxygen atoms in total. The van der Waals surface area contributed by atoms with Gasteiger partial charge in [0.15, 0.2) is 0 Å². The molecule has 0 fully saturated rings. The molecular weight excluding hydrogens is 320 g/mol. The topological polar surface area (TPSA) is 91.2 Å². The van der Waals surface area contributed by atoms with Crippen LogP contribution in [0.5, 0.6) is 0 Å². The van der Waals surface area contributed by atoms with Gasteiger partial charge in [-0.15, -0.1) is 0 Å². The minimum atomic E-state index is -0.655. The molecule has 0 bridgehead atoms. The van der Waals surface area contributed by atoms with Crippen molar-refractivity contribution < 1.29 is 14.4 Å². The van der Waals surface area contributed by atoms with E-state index in [1.54, 1.807) is 18.2 Å². The molecule has 1 unspecified atom stereocenters. The Balaban J connectivity index is 1.53. The van der Waals surface area contributed by atoms with Crippen LogP contribution in [0.2, 0.25) is 0 Å². The Labute approximate surface area is 144 Å². The second-order valence-electron chi connectivity index (χ2n) is 5.42. The van der Waals surface area contributed by atoms with Crippen LogP contribution >= 0.6 is 0 Å². The normalized spacial score (nSPS) is 19.1. The summed E-state index contributed by atoms with van der Waals surface area (Å²) in [7, 11) is 0. The zero-order valence-corrected chi connectivity index (χ0v) is 13.3. The van der Waals surface area contributed by atoms with Gasteiger partial charge in [-0.1, -0.05) is 36.4 Å². The lowest BCUT2D eigenvalue weighted by Crippen LogP contribution is -2.48. The number of carbonyl (C=O) groups is 3. The molecule has 0 aliphatic carbocycles. The third-order valence-corrected chi connectivity index (χ3v) is 3.71. The number of nitrogens with zero attached hydrogens (tertiary/aromatic N) is 3. The second kappa shape index (κ2) is 7.48. The third-order valence-electron chi connectivity index (χ3n) is 3.71. The number of hydrogen-bond acceptors (Lipinski definition) is 4. The summed E-state index contributed by atoms with van der Waals surface area (Å²) in [6.45, 7) is 0.216. The summed E-state index contributed by atoms with van der Waals surface area (Å²) in [5.74, 6) is -1.09. The van der Waals surface area contributed by atoms with E-state index >= 15 is 0 Å². The molecule has 0 aromatic heterocycles. The molecule has 126 valence electrons. The van der Waals surface area contributed by atoms with Crippen LogP contribution in [-0.2, 0) is 9.59 Å². The standard InChI is InChI=1S/C18H16N4O3/c23-15(9-8-13-5-2-1-3-6-13)19-11-12-22-17(24)14-7-4-10-20-16(14)21-18(22)25/h1-10,14H,11-12H2,(H,19,23)/b9-8+. The summed E-state index contributed by atoms with van der Waals surface area (Å²) in [4.78, 5) is 44.9. The van der Waals surface area contributed by atoms with Crippen LogP contribution in [0.3, 0.4) is 0 Å².